The smallest absolute Gasteiger partial charge is 0.854 e. The quantitative estimate of drug-likeness (QED) is 0.431. The van der Waals surface area contributed by atoms with Crippen LogP contribution in [-0.2, 0) is 6.42 Å². The zero-order chi connectivity index (χ0) is 7.40. The first kappa shape index (κ1) is 10.7. The van der Waals surface area contributed by atoms with Crippen LogP contribution >= 0.6 is 0 Å². The topological polar surface area (TPSA) is 23.1 Å². The van der Waals surface area contributed by atoms with Crippen molar-refractivity contribution in [1.29, 1.82) is 0 Å². The van der Waals surface area contributed by atoms with Gasteiger partial charge in [0.1, 0.15) is 5.82 Å². The fourth-order valence-corrected chi connectivity index (χ4v) is 0.769. The Morgan fingerprint density at radius 3 is 2.18 bits per heavy atom. The summed E-state index contributed by atoms with van der Waals surface area (Å²) in [6.07, 6.45) is 0.486. The minimum Gasteiger partial charge on any atom is -0.854 e. The molecule has 1 rings (SSSR count). The van der Waals surface area contributed by atoms with Crippen molar-refractivity contribution in [3.8, 4) is 0 Å². The van der Waals surface area contributed by atoms with Crippen LogP contribution in [-0.4, -0.2) is 6.61 Å². The molecule has 0 aliphatic heterocycles. The zero-order valence-corrected chi connectivity index (χ0v) is 6.51. The molecule has 1 aromatic rings. The minimum absolute atomic E-state index is 0. The van der Waals surface area contributed by atoms with Crippen LogP contribution < -0.4 is 24.0 Å². The van der Waals surface area contributed by atoms with Crippen LogP contribution in [0.2, 0.25) is 0 Å². The number of hydrogen-bond donors (Lipinski definition) is 0. The van der Waals surface area contributed by atoms with E-state index in [4.69, 9.17) is 0 Å². The second kappa shape index (κ2) is 5.37. The third kappa shape index (κ3) is 3.57. The van der Waals surface area contributed by atoms with Crippen molar-refractivity contribution in [3.05, 3.63) is 35.6 Å². The van der Waals surface area contributed by atoms with Crippen molar-refractivity contribution < 1.29 is 28.4 Å². The Bertz CT molecular complexity index is 198. The summed E-state index contributed by atoms with van der Waals surface area (Å²) in [6.45, 7) is -0.133. The van der Waals surface area contributed by atoms with Gasteiger partial charge in [-0.05, 0) is 24.1 Å². The predicted molar refractivity (Wildman–Crippen MR) is 35.0 cm³/mol. The van der Waals surface area contributed by atoms with Crippen LogP contribution in [0, 0.1) is 5.82 Å². The van der Waals surface area contributed by atoms with Crippen LogP contribution in [0.3, 0.4) is 0 Å². The predicted octanol–water partition coefficient (Wildman–Crippen LogP) is -2.27. The molecule has 0 heterocycles. The van der Waals surface area contributed by atoms with E-state index in [1.807, 2.05) is 0 Å². The van der Waals surface area contributed by atoms with Gasteiger partial charge >= 0.3 is 18.9 Å². The number of benzene rings is 1. The summed E-state index contributed by atoms with van der Waals surface area (Å²) in [5.74, 6) is -0.255. The maximum absolute atomic E-state index is 12.2. The molecule has 0 bridgehead atoms. The molecule has 0 aliphatic carbocycles. The van der Waals surface area contributed by atoms with E-state index >= 15 is 0 Å². The van der Waals surface area contributed by atoms with Crippen LogP contribution in [0.4, 0.5) is 4.39 Å². The second-order valence-electron chi connectivity index (χ2n) is 2.08. The van der Waals surface area contributed by atoms with Crippen molar-refractivity contribution >= 4 is 0 Å². The van der Waals surface area contributed by atoms with Gasteiger partial charge in [0.05, 0.1) is 0 Å². The monoisotopic (exact) mass is 146 g/mol. The normalized spacial score (nSPS) is 8.91. The first-order valence-corrected chi connectivity index (χ1v) is 3.15. The van der Waals surface area contributed by atoms with E-state index < -0.39 is 0 Å². The Morgan fingerprint density at radius 2 is 1.73 bits per heavy atom. The minimum atomic E-state index is -0.255. The van der Waals surface area contributed by atoms with E-state index in [9.17, 15) is 9.50 Å². The van der Waals surface area contributed by atoms with Gasteiger partial charge in [-0.3, -0.25) is 0 Å². The maximum atomic E-state index is 12.2. The van der Waals surface area contributed by atoms with Crippen molar-refractivity contribution in [2.45, 2.75) is 6.42 Å². The molecule has 1 aromatic carbocycles. The molecule has 11 heavy (non-hydrogen) atoms. The molecule has 0 unspecified atom stereocenters. The average molecular weight is 146 g/mol. The van der Waals surface area contributed by atoms with E-state index in [1.165, 1.54) is 12.1 Å². The molecule has 54 valence electrons. The molecule has 3 heteroatoms. The Labute approximate surface area is 77.4 Å². The van der Waals surface area contributed by atoms with Crippen molar-refractivity contribution in [3.63, 3.8) is 0 Å². The summed E-state index contributed by atoms with van der Waals surface area (Å²) >= 11 is 0. The molecule has 0 aromatic heterocycles. The van der Waals surface area contributed by atoms with E-state index in [1.54, 1.807) is 12.1 Å². The zero-order valence-electron chi connectivity index (χ0n) is 6.51. The Hall–Kier alpha value is -0.293. The van der Waals surface area contributed by atoms with Gasteiger partial charge in [-0.15, -0.1) is 6.61 Å². The second-order valence-corrected chi connectivity index (χ2v) is 2.08. The Balaban J connectivity index is 0.000001000. The summed E-state index contributed by atoms with van der Waals surface area (Å²) in [4.78, 5) is 0. The van der Waals surface area contributed by atoms with E-state index in [-0.39, 0.29) is 31.3 Å². The molecule has 0 N–H and O–H groups in total. The molecule has 0 spiro atoms. The third-order valence-corrected chi connectivity index (χ3v) is 1.30. The standard InChI is InChI=1S/C8H8FO.Li/c9-8-3-1-7(2-4-8)5-6-10;/h1-4H,5-6H2;/q-1;+1. The summed E-state index contributed by atoms with van der Waals surface area (Å²) in [5, 5.41) is 10.1. The van der Waals surface area contributed by atoms with Crippen LogP contribution in [0.25, 0.3) is 0 Å². The summed E-state index contributed by atoms with van der Waals surface area (Å²) in [5.41, 5.74) is 0.899. The van der Waals surface area contributed by atoms with Gasteiger partial charge in [0.15, 0.2) is 0 Å². The van der Waals surface area contributed by atoms with Crippen LogP contribution in [0.15, 0.2) is 24.3 Å². The summed E-state index contributed by atoms with van der Waals surface area (Å²) in [7, 11) is 0. The van der Waals surface area contributed by atoms with Crippen molar-refractivity contribution in [2.24, 2.45) is 0 Å². The fraction of sp³-hybridized carbons (Fsp3) is 0.250. The molecule has 0 aliphatic rings. The fourth-order valence-electron chi connectivity index (χ4n) is 0.769. The van der Waals surface area contributed by atoms with Crippen molar-refractivity contribution in [2.75, 3.05) is 6.61 Å². The van der Waals surface area contributed by atoms with Crippen molar-refractivity contribution in [1.82, 2.24) is 0 Å². The molecule has 0 saturated carbocycles. The van der Waals surface area contributed by atoms with Crippen LogP contribution in [0.5, 0.6) is 0 Å². The van der Waals surface area contributed by atoms with E-state index in [2.05, 4.69) is 0 Å². The number of hydrogen-bond acceptors (Lipinski definition) is 1. The molecule has 0 atom stereocenters. The molecule has 0 fully saturated rings. The SMILES string of the molecule is [Li+].[O-]CCc1ccc(F)cc1. The maximum Gasteiger partial charge on any atom is 1.00 e. The number of rotatable bonds is 2. The molecular weight excluding hydrogens is 138 g/mol. The largest absolute Gasteiger partial charge is 1.00 e. The Kier molecular flexibility index (Phi) is 5.23. The third-order valence-electron chi connectivity index (χ3n) is 1.30. The first-order chi connectivity index (χ1) is 4.83. The first-order valence-electron chi connectivity index (χ1n) is 3.15. The van der Waals surface area contributed by atoms with E-state index in [0.29, 0.717) is 6.42 Å². The molecule has 1 nitrogen and oxygen atoms in total. The molecule has 0 radical (unpaired) electrons. The van der Waals surface area contributed by atoms with Gasteiger partial charge in [0.2, 0.25) is 0 Å². The van der Waals surface area contributed by atoms with Gasteiger partial charge in [-0.25, -0.2) is 4.39 Å². The van der Waals surface area contributed by atoms with Gasteiger partial charge in [0, 0.05) is 0 Å². The Morgan fingerprint density at radius 1 is 1.18 bits per heavy atom. The molecule has 0 saturated heterocycles. The van der Waals surface area contributed by atoms with Gasteiger partial charge in [-0.1, -0.05) is 12.1 Å². The average Bonchev–Trinajstić information content (AvgIpc) is 1.95. The number of halogens is 1. The van der Waals surface area contributed by atoms with Gasteiger partial charge in [-0.2, -0.15) is 0 Å². The summed E-state index contributed by atoms with van der Waals surface area (Å²) < 4.78 is 12.2. The van der Waals surface area contributed by atoms with Gasteiger partial charge in [0.25, 0.3) is 0 Å². The van der Waals surface area contributed by atoms with Crippen LogP contribution in [0.1, 0.15) is 5.56 Å². The summed E-state index contributed by atoms with van der Waals surface area (Å²) in [6, 6.07) is 6.00. The van der Waals surface area contributed by atoms with Gasteiger partial charge < -0.3 is 5.11 Å². The molecule has 0 amide bonds. The molecular formula is C8H8FLiO. The van der Waals surface area contributed by atoms with E-state index in [0.717, 1.165) is 5.56 Å².